The number of benzene rings is 1. The number of esters is 1. The summed E-state index contributed by atoms with van der Waals surface area (Å²) >= 11 is 0. The van der Waals surface area contributed by atoms with Crippen molar-refractivity contribution in [3.8, 4) is 11.5 Å². The van der Waals surface area contributed by atoms with Crippen LogP contribution in [0.2, 0.25) is 0 Å². The highest BCUT2D eigenvalue weighted by Gasteiger charge is 2.22. The van der Waals surface area contributed by atoms with Crippen LogP contribution >= 0.6 is 0 Å². The fourth-order valence-electron chi connectivity index (χ4n) is 1.84. The van der Waals surface area contributed by atoms with E-state index in [1.54, 1.807) is 26.8 Å². The molecule has 0 spiro atoms. The van der Waals surface area contributed by atoms with Crippen molar-refractivity contribution in [2.75, 3.05) is 6.54 Å². The number of rotatable bonds is 6. The van der Waals surface area contributed by atoms with Gasteiger partial charge in [0.1, 0.15) is 5.60 Å². The van der Waals surface area contributed by atoms with E-state index in [0.29, 0.717) is 13.0 Å². The van der Waals surface area contributed by atoms with E-state index in [0.717, 1.165) is 5.56 Å². The number of nitrogens with two attached hydrogens (primary N) is 1. The normalized spacial score (nSPS) is 12.5. The average molecular weight is 324 g/mol. The van der Waals surface area contributed by atoms with Crippen molar-refractivity contribution in [3.05, 3.63) is 23.8 Å². The summed E-state index contributed by atoms with van der Waals surface area (Å²) in [4.78, 5) is 23.4. The standard InChI is InChI=1S/C16H24N2O5/c1-16(2,3)23-14(21)9-11(17)15(22)18-7-6-10-4-5-12(19)13(20)8-10/h4-5,8,11,19-20H,6-7,9,17H2,1-3H3,(H,18,22)/t11-/m1/s1. The molecule has 1 amide bonds. The number of amides is 1. The molecule has 7 nitrogen and oxygen atoms in total. The van der Waals surface area contributed by atoms with Crippen LogP contribution in [-0.2, 0) is 20.7 Å². The van der Waals surface area contributed by atoms with E-state index in [9.17, 15) is 19.8 Å². The second-order valence-electron chi connectivity index (χ2n) is 6.26. The topological polar surface area (TPSA) is 122 Å². The quantitative estimate of drug-likeness (QED) is 0.454. The highest BCUT2D eigenvalue weighted by molar-refractivity contribution is 5.86. The summed E-state index contributed by atoms with van der Waals surface area (Å²) in [6.45, 7) is 5.52. The van der Waals surface area contributed by atoms with Gasteiger partial charge < -0.3 is 26.0 Å². The predicted molar refractivity (Wildman–Crippen MR) is 84.9 cm³/mol. The number of phenols is 2. The molecule has 0 unspecified atom stereocenters. The van der Waals surface area contributed by atoms with Crippen LogP contribution in [0, 0.1) is 0 Å². The minimum Gasteiger partial charge on any atom is -0.504 e. The number of carbonyl (C=O) groups excluding carboxylic acids is 2. The third-order valence-electron chi connectivity index (χ3n) is 2.90. The molecule has 0 aliphatic heterocycles. The van der Waals surface area contributed by atoms with Crippen LogP contribution in [0.1, 0.15) is 32.8 Å². The zero-order valence-electron chi connectivity index (χ0n) is 13.6. The van der Waals surface area contributed by atoms with E-state index >= 15 is 0 Å². The predicted octanol–water partition coefficient (Wildman–Crippen LogP) is 0.816. The van der Waals surface area contributed by atoms with E-state index in [4.69, 9.17) is 10.5 Å². The fourth-order valence-corrected chi connectivity index (χ4v) is 1.84. The van der Waals surface area contributed by atoms with Crippen LogP contribution in [0.15, 0.2) is 18.2 Å². The van der Waals surface area contributed by atoms with Crippen LogP contribution in [0.4, 0.5) is 0 Å². The molecule has 1 aromatic rings. The second kappa shape index (κ2) is 7.82. The third-order valence-corrected chi connectivity index (χ3v) is 2.90. The van der Waals surface area contributed by atoms with Gasteiger partial charge in [0.2, 0.25) is 5.91 Å². The molecule has 0 aliphatic carbocycles. The van der Waals surface area contributed by atoms with E-state index in [1.807, 2.05) is 0 Å². The SMILES string of the molecule is CC(C)(C)OC(=O)C[C@@H](N)C(=O)NCCc1ccc(O)c(O)c1. The van der Waals surface area contributed by atoms with Crippen molar-refractivity contribution in [1.29, 1.82) is 0 Å². The van der Waals surface area contributed by atoms with Gasteiger partial charge in [0.25, 0.3) is 0 Å². The summed E-state index contributed by atoms with van der Waals surface area (Å²) in [5.41, 5.74) is 5.81. The van der Waals surface area contributed by atoms with Gasteiger partial charge in [-0.05, 0) is 44.9 Å². The van der Waals surface area contributed by atoms with Gasteiger partial charge in [-0.25, -0.2) is 0 Å². The van der Waals surface area contributed by atoms with Crippen LogP contribution < -0.4 is 11.1 Å². The first-order chi connectivity index (χ1) is 10.6. The van der Waals surface area contributed by atoms with E-state index < -0.39 is 23.5 Å². The Morgan fingerprint density at radius 1 is 1.26 bits per heavy atom. The lowest BCUT2D eigenvalue weighted by atomic mass is 10.1. The summed E-state index contributed by atoms with van der Waals surface area (Å²) < 4.78 is 5.11. The van der Waals surface area contributed by atoms with Crippen molar-refractivity contribution in [2.45, 2.75) is 45.3 Å². The Kier molecular flexibility index (Phi) is 6.38. The molecule has 1 atom stereocenters. The second-order valence-corrected chi connectivity index (χ2v) is 6.26. The first-order valence-corrected chi connectivity index (χ1v) is 7.34. The molecule has 0 heterocycles. The van der Waals surface area contributed by atoms with Gasteiger partial charge in [-0.1, -0.05) is 6.07 Å². The molecule has 0 saturated carbocycles. The average Bonchev–Trinajstić information content (AvgIpc) is 2.40. The summed E-state index contributed by atoms with van der Waals surface area (Å²) in [5, 5.41) is 21.2. The Balaban J connectivity index is 2.38. The molecule has 0 fully saturated rings. The summed E-state index contributed by atoms with van der Waals surface area (Å²) in [6, 6.07) is 3.46. The number of nitrogens with one attached hydrogen (secondary N) is 1. The summed E-state index contributed by atoms with van der Waals surface area (Å²) in [6.07, 6.45) is 0.266. The molecule has 0 radical (unpaired) electrons. The highest BCUT2D eigenvalue weighted by atomic mass is 16.6. The summed E-state index contributed by atoms with van der Waals surface area (Å²) in [5.74, 6) is -1.38. The number of hydrogen-bond donors (Lipinski definition) is 4. The van der Waals surface area contributed by atoms with Crippen LogP contribution in [0.3, 0.4) is 0 Å². The maximum Gasteiger partial charge on any atom is 0.308 e. The van der Waals surface area contributed by atoms with Gasteiger partial charge >= 0.3 is 5.97 Å². The molecular formula is C16H24N2O5. The summed E-state index contributed by atoms with van der Waals surface area (Å²) in [7, 11) is 0. The molecule has 0 bridgehead atoms. The maximum absolute atomic E-state index is 11.8. The molecule has 23 heavy (non-hydrogen) atoms. The first-order valence-electron chi connectivity index (χ1n) is 7.34. The van der Waals surface area contributed by atoms with Gasteiger partial charge in [0.05, 0.1) is 12.5 Å². The molecule has 5 N–H and O–H groups in total. The molecule has 0 aromatic heterocycles. The molecule has 1 rings (SSSR count). The largest absolute Gasteiger partial charge is 0.504 e. The van der Waals surface area contributed by atoms with Gasteiger partial charge in [0.15, 0.2) is 11.5 Å². The first kappa shape index (κ1) is 18.8. The zero-order valence-corrected chi connectivity index (χ0v) is 13.6. The van der Waals surface area contributed by atoms with Crippen LogP contribution in [0.5, 0.6) is 11.5 Å². The Morgan fingerprint density at radius 3 is 2.48 bits per heavy atom. The van der Waals surface area contributed by atoms with Crippen molar-refractivity contribution in [1.82, 2.24) is 5.32 Å². The van der Waals surface area contributed by atoms with Gasteiger partial charge in [-0.15, -0.1) is 0 Å². The number of ether oxygens (including phenoxy) is 1. The molecule has 128 valence electrons. The van der Waals surface area contributed by atoms with Crippen molar-refractivity contribution >= 4 is 11.9 Å². The minimum absolute atomic E-state index is 0.191. The lowest BCUT2D eigenvalue weighted by Gasteiger charge is -2.20. The molecule has 7 heteroatoms. The van der Waals surface area contributed by atoms with Gasteiger partial charge in [0, 0.05) is 6.54 Å². The lowest BCUT2D eigenvalue weighted by molar-refractivity contribution is -0.156. The molecular weight excluding hydrogens is 300 g/mol. The number of aromatic hydroxyl groups is 2. The number of carbonyl (C=O) groups is 2. The zero-order chi connectivity index (χ0) is 17.6. The fraction of sp³-hybridized carbons (Fsp3) is 0.500. The minimum atomic E-state index is -0.974. The number of phenolic OH excluding ortho intramolecular Hbond substituents is 2. The highest BCUT2D eigenvalue weighted by Crippen LogP contribution is 2.24. The van der Waals surface area contributed by atoms with Crippen molar-refractivity contribution in [3.63, 3.8) is 0 Å². The number of hydrogen-bond acceptors (Lipinski definition) is 6. The van der Waals surface area contributed by atoms with Gasteiger partial charge in [-0.2, -0.15) is 0 Å². The third kappa shape index (κ3) is 7.01. The van der Waals surface area contributed by atoms with Crippen molar-refractivity contribution < 1.29 is 24.5 Å². The Morgan fingerprint density at radius 2 is 1.91 bits per heavy atom. The van der Waals surface area contributed by atoms with E-state index in [1.165, 1.54) is 12.1 Å². The van der Waals surface area contributed by atoms with Gasteiger partial charge in [-0.3, -0.25) is 9.59 Å². The molecule has 1 aromatic carbocycles. The Bertz CT molecular complexity index is 566. The Labute approximate surface area is 135 Å². The van der Waals surface area contributed by atoms with E-state index in [2.05, 4.69) is 5.32 Å². The van der Waals surface area contributed by atoms with Crippen LogP contribution in [0.25, 0.3) is 0 Å². The Hall–Kier alpha value is -2.28. The lowest BCUT2D eigenvalue weighted by Crippen LogP contribution is -2.43. The van der Waals surface area contributed by atoms with Crippen molar-refractivity contribution in [2.24, 2.45) is 5.73 Å². The maximum atomic E-state index is 11.8. The molecule has 0 aliphatic rings. The molecule has 0 saturated heterocycles. The monoisotopic (exact) mass is 324 g/mol. The van der Waals surface area contributed by atoms with E-state index in [-0.39, 0.29) is 17.9 Å². The van der Waals surface area contributed by atoms with Crippen LogP contribution in [-0.4, -0.2) is 40.3 Å². The smallest absolute Gasteiger partial charge is 0.308 e.